The first-order valence-corrected chi connectivity index (χ1v) is 4.89. The van der Waals surface area contributed by atoms with Crippen molar-refractivity contribution in [2.24, 2.45) is 5.73 Å². The first-order valence-electron chi connectivity index (χ1n) is 4.89. The molecule has 0 bridgehead atoms. The highest BCUT2D eigenvalue weighted by molar-refractivity contribution is 5.92. The van der Waals surface area contributed by atoms with Gasteiger partial charge in [-0.15, -0.1) is 0 Å². The fraction of sp³-hybridized carbons (Fsp3) is 0.500. The number of aromatic nitrogens is 2. The van der Waals surface area contributed by atoms with Gasteiger partial charge >= 0.3 is 0 Å². The van der Waals surface area contributed by atoms with Crippen LogP contribution in [0.25, 0.3) is 0 Å². The summed E-state index contributed by atoms with van der Waals surface area (Å²) < 4.78 is 0. The lowest BCUT2D eigenvalue weighted by Gasteiger charge is -2.34. The molecule has 0 saturated carbocycles. The molecule has 6 nitrogen and oxygen atoms in total. The van der Waals surface area contributed by atoms with Crippen LogP contribution < -0.4 is 10.6 Å². The van der Waals surface area contributed by atoms with Crippen molar-refractivity contribution in [3.63, 3.8) is 0 Å². The van der Waals surface area contributed by atoms with Crippen LogP contribution in [0.15, 0.2) is 12.4 Å². The predicted octanol–water partition coefficient (Wildman–Crippen LogP) is -0.0322. The lowest BCUT2D eigenvalue weighted by molar-refractivity contribution is 0.215. The summed E-state index contributed by atoms with van der Waals surface area (Å²) in [5.41, 5.74) is 5.22. The maximum absolute atomic E-state index is 9.22. The van der Waals surface area contributed by atoms with Gasteiger partial charge in [0, 0.05) is 7.05 Å². The summed E-state index contributed by atoms with van der Waals surface area (Å²) in [6.45, 7) is 3.81. The van der Waals surface area contributed by atoms with E-state index in [0.717, 1.165) is 0 Å². The minimum absolute atomic E-state index is 0.0135. The molecule has 6 heteroatoms. The minimum Gasteiger partial charge on any atom is -0.394 e. The average Bonchev–Trinajstić information content (AvgIpc) is 2.28. The SMILES string of the molecule is CN(c1cnc(C(=N)N)cn1)C(C)(C)CO. The van der Waals surface area contributed by atoms with Gasteiger partial charge in [0.2, 0.25) is 0 Å². The highest BCUT2D eigenvalue weighted by atomic mass is 16.3. The third-order valence-electron chi connectivity index (χ3n) is 2.55. The van der Waals surface area contributed by atoms with Crippen molar-refractivity contribution in [2.75, 3.05) is 18.6 Å². The molecule has 1 heterocycles. The molecule has 0 fully saturated rings. The smallest absolute Gasteiger partial charge is 0.147 e. The van der Waals surface area contributed by atoms with Crippen LogP contribution in [0.1, 0.15) is 19.5 Å². The van der Waals surface area contributed by atoms with E-state index >= 15 is 0 Å². The summed E-state index contributed by atoms with van der Waals surface area (Å²) in [4.78, 5) is 9.98. The molecule has 88 valence electrons. The maximum Gasteiger partial charge on any atom is 0.147 e. The van der Waals surface area contributed by atoms with E-state index in [1.807, 2.05) is 25.8 Å². The van der Waals surface area contributed by atoms with E-state index in [-0.39, 0.29) is 12.4 Å². The number of nitrogens with one attached hydrogen (secondary N) is 1. The Labute approximate surface area is 94.6 Å². The summed E-state index contributed by atoms with van der Waals surface area (Å²) in [7, 11) is 1.83. The van der Waals surface area contributed by atoms with Crippen molar-refractivity contribution in [3.05, 3.63) is 18.1 Å². The van der Waals surface area contributed by atoms with Gasteiger partial charge in [0.05, 0.1) is 24.5 Å². The number of nitrogen functional groups attached to an aromatic ring is 1. The molecule has 0 atom stereocenters. The number of nitrogens with two attached hydrogens (primary N) is 1. The number of hydrogen-bond acceptors (Lipinski definition) is 5. The summed E-state index contributed by atoms with van der Waals surface area (Å²) in [5.74, 6) is 0.521. The Kier molecular flexibility index (Phi) is 3.44. The molecule has 0 aromatic carbocycles. The third kappa shape index (κ3) is 2.46. The number of hydrogen-bond donors (Lipinski definition) is 3. The Balaban J connectivity index is 2.94. The monoisotopic (exact) mass is 223 g/mol. The Bertz CT molecular complexity index is 373. The van der Waals surface area contributed by atoms with Gasteiger partial charge in [-0.05, 0) is 13.8 Å². The maximum atomic E-state index is 9.22. The molecule has 1 rings (SSSR count). The van der Waals surface area contributed by atoms with Crippen molar-refractivity contribution in [1.29, 1.82) is 5.41 Å². The highest BCUT2D eigenvalue weighted by Crippen LogP contribution is 2.18. The summed E-state index contributed by atoms with van der Waals surface area (Å²) in [5, 5.41) is 16.4. The van der Waals surface area contributed by atoms with Crippen LogP contribution in [0.5, 0.6) is 0 Å². The molecule has 0 aliphatic heterocycles. The fourth-order valence-corrected chi connectivity index (χ4v) is 1.05. The number of rotatable bonds is 4. The molecular weight excluding hydrogens is 206 g/mol. The largest absolute Gasteiger partial charge is 0.394 e. The van der Waals surface area contributed by atoms with Crippen molar-refractivity contribution in [3.8, 4) is 0 Å². The first kappa shape index (κ1) is 12.4. The molecule has 0 saturated heterocycles. The van der Waals surface area contributed by atoms with Gasteiger partial charge in [0.25, 0.3) is 0 Å². The number of likely N-dealkylation sites (N-methyl/N-ethyl adjacent to an activating group) is 1. The van der Waals surface area contributed by atoms with Crippen LogP contribution in [-0.4, -0.2) is 40.1 Å². The molecule has 4 N–H and O–H groups in total. The van der Waals surface area contributed by atoms with Gasteiger partial charge in [0.1, 0.15) is 17.3 Å². The van der Waals surface area contributed by atoms with Gasteiger partial charge in [-0.25, -0.2) is 9.97 Å². The van der Waals surface area contributed by atoms with Crippen LogP contribution in [-0.2, 0) is 0 Å². The Morgan fingerprint density at radius 3 is 2.50 bits per heavy atom. The van der Waals surface area contributed by atoms with Crippen molar-refractivity contribution in [1.82, 2.24) is 9.97 Å². The number of aliphatic hydroxyl groups excluding tert-OH is 1. The molecule has 1 aromatic heterocycles. The molecular formula is C10H17N5O. The standard InChI is InChI=1S/C10H17N5O/c1-10(2,6-16)15(3)8-5-13-7(4-14-8)9(11)12/h4-5,16H,6H2,1-3H3,(H3,11,12). The molecule has 0 radical (unpaired) electrons. The topological polar surface area (TPSA) is 99.1 Å². The molecule has 0 unspecified atom stereocenters. The van der Waals surface area contributed by atoms with Gasteiger partial charge in [-0.1, -0.05) is 0 Å². The second kappa shape index (κ2) is 4.44. The molecule has 0 aliphatic rings. The molecule has 0 amide bonds. The second-order valence-electron chi connectivity index (χ2n) is 4.20. The van der Waals surface area contributed by atoms with Crippen molar-refractivity contribution < 1.29 is 5.11 Å². The first-order chi connectivity index (χ1) is 7.38. The number of nitrogens with zero attached hydrogens (tertiary/aromatic N) is 3. The van der Waals surface area contributed by atoms with Gasteiger partial charge in [-0.3, -0.25) is 5.41 Å². The highest BCUT2D eigenvalue weighted by Gasteiger charge is 2.23. The molecule has 16 heavy (non-hydrogen) atoms. The van der Waals surface area contributed by atoms with E-state index in [0.29, 0.717) is 11.5 Å². The average molecular weight is 223 g/mol. The van der Waals surface area contributed by atoms with Crippen molar-refractivity contribution in [2.45, 2.75) is 19.4 Å². The van der Waals surface area contributed by atoms with Crippen LogP contribution >= 0.6 is 0 Å². The third-order valence-corrected chi connectivity index (χ3v) is 2.55. The van der Waals surface area contributed by atoms with Gasteiger partial charge in [-0.2, -0.15) is 0 Å². The lowest BCUT2D eigenvalue weighted by atomic mass is 10.1. The lowest BCUT2D eigenvalue weighted by Crippen LogP contribution is -2.44. The van der Waals surface area contributed by atoms with E-state index in [1.165, 1.54) is 12.4 Å². The zero-order chi connectivity index (χ0) is 12.3. The fourth-order valence-electron chi connectivity index (χ4n) is 1.05. The van der Waals surface area contributed by atoms with Gasteiger partial charge < -0.3 is 15.7 Å². The Morgan fingerprint density at radius 1 is 1.50 bits per heavy atom. The van der Waals surface area contributed by atoms with Crippen LogP contribution in [0.4, 0.5) is 5.82 Å². The normalized spacial score (nSPS) is 11.2. The number of anilines is 1. The van der Waals surface area contributed by atoms with E-state index in [4.69, 9.17) is 11.1 Å². The zero-order valence-corrected chi connectivity index (χ0v) is 9.73. The predicted molar refractivity (Wildman–Crippen MR) is 62.6 cm³/mol. The quantitative estimate of drug-likeness (QED) is 0.491. The summed E-state index contributed by atoms with van der Waals surface area (Å²) in [6, 6.07) is 0. The summed E-state index contributed by atoms with van der Waals surface area (Å²) in [6.07, 6.45) is 2.98. The second-order valence-corrected chi connectivity index (χ2v) is 4.20. The van der Waals surface area contributed by atoms with Crippen LogP contribution in [0.2, 0.25) is 0 Å². The zero-order valence-electron chi connectivity index (χ0n) is 9.73. The van der Waals surface area contributed by atoms with Crippen LogP contribution in [0, 0.1) is 5.41 Å². The Morgan fingerprint density at radius 2 is 2.12 bits per heavy atom. The van der Waals surface area contributed by atoms with E-state index in [9.17, 15) is 5.11 Å². The van der Waals surface area contributed by atoms with E-state index in [1.54, 1.807) is 0 Å². The minimum atomic E-state index is -0.410. The molecule has 0 aliphatic carbocycles. The molecule has 1 aromatic rings. The summed E-state index contributed by atoms with van der Waals surface area (Å²) >= 11 is 0. The van der Waals surface area contributed by atoms with E-state index in [2.05, 4.69) is 9.97 Å². The molecule has 0 spiro atoms. The number of aliphatic hydroxyl groups is 1. The van der Waals surface area contributed by atoms with Crippen molar-refractivity contribution >= 4 is 11.7 Å². The Hall–Kier alpha value is -1.69. The van der Waals surface area contributed by atoms with Crippen LogP contribution in [0.3, 0.4) is 0 Å². The van der Waals surface area contributed by atoms with Gasteiger partial charge in [0.15, 0.2) is 0 Å². The van der Waals surface area contributed by atoms with E-state index < -0.39 is 5.54 Å². The number of amidine groups is 1.